The molecule has 0 rings (SSSR count). The van der Waals surface area contributed by atoms with Gasteiger partial charge in [-0.15, -0.1) is 0 Å². The molecule has 0 aromatic rings. The summed E-state index contributed by atoms with van der Waals surface area (Å²) in [5.41, 5.74) is 5.19. The van der Waals surface area contributed by atoms with Crippen LogP contribution in [0.5, 0.6) is 0 Å². The Labute approximate surface area is 86.5 Å². The second-order valence-corrected chi connectivity index (χ2v) is 3.18. The van der Waals surface area contributed by atoms with Crippen LogP contribution in [0.3, 0.4) is 0 Å². The normalized spacial score (nSPS) is 13.5. The third-order valence-corrected chi connectivity index (χ3v) is 1.89. The van der Waals surface area contributed by atoms with E-state index in [-0.39, 0.29) is 12.4 Å². The molecule has 4 nitrogen and oxygen atoms in total. The van der Waals surface area contributed by atoms with Crippen LogP contribution in [0.4, 0.5) is 13.2 Å². The summed E-state index contributed by atoms with van der Waals surface area (Å²) in [6.45, 7) is 1.36. The smallest absolute Gasteiger partial charge is 0.401 e. The van der Waals surface area contributed by atoms with Gasteiger partial charge in [-0.2, -0.15) is 13.2 Å². The molecule has 0 unspecified atom stereocenters. The van der Waals surface area contributed by atoms with Gasteiger partial charge in [-0.3, -0.25) is 4.90 Å². The molecular weight excluding hydrogens is 211 g/mol. The molecule has 0 saturated carbocycles. The van der Waals surface area contributed by atoms with E-state index in [9.17, 15) is 13.2 Å². The number of nitrogens with two attached hydrogens (primary N) is 1. The average Bonchev–Trinajstić information content (AvgIpc) is 2.14. The fourth-order valence-electron chi connectivity index (χ4n) is 1.14. The van der Waals surface area contributed by atoms with Crippen LogP contribution >= 0.6 is 0 Å². The maximum absolute atomic E-state index is 12.0. The minimum absolute atomic E-state index is 0.0399. The zero-order valence-corrected chi connectivity index (χ0v) is 8.59. The van der Waals surface area contributed by atoms with Gasteiger partial charge in [0.1, 0.15) is 5.84 Å². The Morgan fingerprint density at radius 1 is 1.47 bits per heavy atom. The standard InChI is InChI=1S/C8H16F3N3O/c1-2-14(6-8(9,10)11)5-3-4-7(12)13-15/h15H,2-6H2,1H3,(H2,12,13). The van der Waals surface area contributed by atoms with Crippen LogP contribution < -0.4 is 5.73 Å². The Balaban J connectivity index is 3.81. The quantitative estimate of drug-likeness (QED) is 0.312. The van der Waals surface area contributed by atoms with Crippen molar-refractivity contribution in [2.24, 2.45) is 10.9 Å². The summed E-state index contributed by atoms with van der Waals surface area (Å²) in [6, 6.07) is 0. The second-order valence-electron chi connectivity index (χ2n) is 3.18. The number of rotatable bonds is 6. The largest absolute Gasteiger partial charge is 0.409 e. The molecule has 0 aliphatic heterocycles. The average molecular weight is 227 g/mol. The van der Waals surface area contributed by atoms with Gasteiger partial charge in [0.15, 0.2) is 0 Å². The lowest BCUT2D eigenvalue weighted by Gasteiger charge is -2.21. The minimum Gasteiger partial charge on any atom is -0.409 e. The first-order valence-corrected chi connectivity index (χ1v) is 4.64. The third-order valence-electron chi connectivity index (χ3n) is 1.89. The highest BCUT2D eigenvalue weighted by molar-refractivity contribution is 5.79. The lowest BCUT2D eigenvalue weighted by Crippen LogP contribution is -2.35. The van der Waals surface area contributed by atoms with E-state index >= 15 is 0 Å². The van der Waals surface area contributed by atoms with Gasteiger partial charge in [-0.05, 0) is 19.5 Å². The van der Waals surface area contributed by atoms with Crippen LogP contribution in [-0.2, 0) is 0 Å². The molecule has 0 radical (unpaired) electrons. The second kappa shape index (κ2) is 6.49. The van der Waals surface area contributed by atoms with Crippen molar-refractivity contribution >= 4 is 5.84 Å². The summed E-state index contributed by atoms with van der Waals surface area (Å²) in [4.78, 5) is 1.27. The molecule has 0 saturated heterocycles. The van der Waals surface area contributed by atoms with Gasteiger partial charge in [0, 0.05) is 6.42 Å². The zero-order chi connectivity index (χ0) is 11.9. The van der Waals surface area contributed by atoms with E-state index < -0.39 is 12.7 Å². The van der Waals surface area contributed by atoms with E-state index in [0.717, 1.165) is 0 Å². The first-order chi connectivity index (χ1) is 6.89. The van der Waals surface area contributed by atoms with Crippen LogP contribution in [0.15, 0.2) is 5.16 Å². The van der Waals surface area contributed by atoms with Gasteiger partial charge in [0.2, 0.25) is 0 Å². The molecule has 0 aliphatic carbocycles. The SMILES string of the molecule is CCN(CCCC(N)=NO)CC(F)(F)F. The number of amidine groups is 1. The zero-order valence-electron chi connectivity index (χ0n) is 8.59. The summed E-state index contributed by atoms with van der Waals surface area (Å²) in [7, 11) is 0. The molecule has 0 fully saturated rings. The number of hydrogen-bond acceptors (Lipinski definition) is 3. The van der Waals surface area contributed by atoms with Crippen molar-refractivity contribution < 1.29 is 18.4 Å². The van der Waals surface area contributed by atoms with E-state index in [0.29, 0.717) is 19.4 Å². The van der Waals surface area contributed by atoms with Crippen molar-refractivity contribution in [3.63, 3.8) is 0 Å². The summed E-state index contributed by atoms with van der Waals surface area (Å²) in [5, 5.41) is 11.0. The summed E-state index contributed by atoms with van der Waals surface area (Å²) < 4.78 is 36.0. The summed E-state index contributed by atoms with van der Waals surface area (Å²) >= 11 is 0. The van der Waals surface area contributed by atoms with Crippen LogP contribution in [0.2, 0.25) is 0 Å². The van der Waals surface area contributed by atoms with Crippen molar-refractivity contribution in [2.45, 2.75) is 25.9 Å². The fourth-order valence-corrected chi connectivity index (χ4v) is 1.14. The number of alkyl halides is 3. The number of oxime groups is 1. The van der Waals surface area contributed by atoms with E-state index in [4.69, 9.17) is 10.9 Å². The van der Waals surface area contributed by atoms with Gasteiger partial charge < -0.3 is 10.9 Å². The lowest BCUT2D eigenvalue weighted by molar-refractivity contribution is -0.145. The molecule has 0 aromatic heterocycles. The first-order valence-electron chi connectivity index (χ1n) is 4.64. The van der Waals surface area contributed by atoms with E-state index in [2.05, 4.69) is 5.16 Å². The van der Waals surface area contributed by atoms with Crippen molar-refractivity contribution in [2.75, 3.05) is 19.6 Å². The van der Waals surface area contributed by atoms with Crippen molar-refractivity contribution in [1.82, 2.24) is 4.90 Å². The Bertz CT molecular complexity index is 206. The van der Waals surface area contributed by atoms with Crippen molar-refractivity contribution in [1.29, 1.82) is 0 Å². The van der Waals surface area contributed by atoms with Gasteiger partial charge in [0.25, 0.3) is 0 Å². The van der Waals surface area contributed by atoms with E-state index in [1.165, 1.54) is 4.90 Å². The molecule has 0 aromatic carbocycles. The Morgan fingerprint density at radius 3 is 2.47 bits per heavy atom. The molecule has 0 amide bonds. The number of hydrogen-bond donors (Lipinski definition) is 2. The fraction of sp³-hybridized carbons (Fsp3) is 0.875. The first kappa shape index (κ1) is 14.0. The summed E-state index contributed by atoms with van der Waals surface area (Å²) in [6.07, 6.45) is -3.43. The van der Waals surface area contributed by atoms with Crippen LogP contribution in [0, 0.1) is 0 Å². The van der Waals surface area contributed by atoms with Crippen LogP contribution in [0.25, 0.3) is 0 Å². The Hall–Kier alpha value is -0.980. The Morgan fingerprint density at radius 2 is 2.07 bits per heavy atom. The predicted octanol–water partition coefficient (Wildman–Crippen LogP) is 1.40. The minimum atomic E-state index is -4.17. The third kappa shape index (κ3) is 8.04. The van der Waals surface area contributed by atoms with Gasteiger partial charge in [-0.1, -0.05) is 12.1 Å². The van der Waals surface area contributed by atoms with Crippen LogP contribution in [-0.4, -0.2) is 41.8 Å². The number of nitrogens with zero attached hydrogens (tertiary/aromatic N) is 2. The van der Waals surface area contributed by atoms with Gasteiger partial charge in [0.05, 0.1) is 6.54 Å². The monoisotopic (exact) mass is 227 g/mol. The topological polar surface area (TPSA) is 61.8 Å². The van der Waals surface area contributed by atoms with Gasteiger partial charge in [-0.25, -0.2) is 0 Å². The maximum atomic E-state index is 12.0. The molecule has 0 aliphatic rings. The maximum Gasteiger partial charge on any atom is 0.401 e. The highest BCUT2D eigenvalue weighted by Gasteiger charge is 2.29. The molecule has 90 valence electrons. The number of halogens is 3. The summed E-state index contributed by atoms with van der Waals surface area (Å²) in [5.74, 6) is 0.0399. The predicted molar refractivity (Wildman–Crippen MR) is 50.8 cm³/mol. The molecule has 7 heteroatoms. The Kier molecular flexibility index (Phi) is 6.07. The van der Waals surface area contributed by atoms with Crippen molar-refractivity contribution in [3.05, 3.63) is 0 Å². The lowest BCUT2D eigenvalue weighted by atomic mass is 10.2. The molecule has 0 heterocycles. The molecular formula is C8H16F3N3O. The highest BCUT2D eigenvalue weighted by Crippen LogP contribution is 2.16. The highest BCUT2D eigenvalue weighted by atomic mass is 19.4. The molecule has 0 bridgehead atoms. The van der Waals surface area contributed by atoms with Crippen molar-refractivity contribution in [3.8, 4) is 0 Å². The van der Waals surface area contributed by atoms with Gasteiger partial charge >= 0.3 is 6.18 Å². The van der Waals surface area contributed by atoms with Crippen LogP contribution in [0.1, 0.15) is 19.8 Å². The van der Waals surface area contributed by atoms with E-state index in [1.54, 1.807) is 6.92 Å². The molecule has 0 atom stereocenters. The molecule has 0 spiro atoms. The van der Waals surface area contributed by atoms with E-state index in [1.807, 2.05) is 0 Å². The molecule has 15 heavy (non-hydrogen) atoms. The molecule has 3 N–H and O–H groups in total.